The predicted molar refractivity (Wildman–Crippen MR) is 84.4 cm³/mol. The van der Waals surface area contributed by atoms with E-state index in [9.17, 15) is 9.59 Å². The average molecular weight is 361 g/mol. The van der Waals surface area contributed by atoms with Crippen LogP contribution in [0.4, 0.5) is 5.00 Å². The number of hydrogen-bond acceptors (Lipinski definition) is 6. The summed E-state index contributed by atoms with van der Waals surface area (Å²) in [6.45, 7) is 0. The molecule has 0 unspecified atom stereocenters. The Balaban J connectivity index is 2.27. The van der Waals surface area contributed by atoms with Gasteiger partial charge >= 0.3 is 5.97 Å². The topological polar surface area (TPSA) is 77.5 Å². The van der Waals surface area contributed by atoms with Gasteiger partial charge in [-0.05, 0) is 12.1 Å². The van der Waals surface area contributed by atoms with Crippen molar-refractivity contribution in [3.8, 4) is 5.75 Å². The van der Waals surface area contributed by atoms with Crippen LogP contribution in [0.25, 0.3) is 0 Å². The highest BCUT2D eigenvalue weighted by molar-refractivity contribution is 7.14. The number of aromatic nitrogens is 1. The summed E-state index contributed by atoms with van der Waals surface area (Å²) in [5.74, 6) is -0.837. The zero-order valence-electron chi connectivity index (χ0n) is 11.5. The van der Waals surface area contributed by atoms with Crippen LogP contribution in [0.5, 0.6) is 5.75 Å². The number of nitrogens with one attached hydrogen (secondary N) is 1. The van der Waals surface area contributed by atoms with Gasteiger partial charge in [0.15, 0.2) is 11.4 Å². The molecule has 2 rings (SSSR count). The molecule has 2 aromatic rings. The van der Waals surface area contributed by atoms with Crippen LogP contribution in [0, 0.1) is 0 Å². The molecule has 0 atom stereocenters. The van der Waals surface area contributed by atoms with Gasteiger partial charge in [0, 0.05) is 5.56 Å². The molecule has 0 aliphatic heterocycles. The summed E-state index contributed by atoms with van der Waals surface area (Å²) < 4.78 is 9.60. The second-order valence-corrected chi connectivity index (χ2v) is 5.62. The van der Waals surface area contributed by atoms with E-state index in [0.717, 1.165) is 11.3 Å². The van der Waals surface area contributed by atoms with E-state index in [1.165, 1.54) is 31.9 Å². The van der Waals surface area contributed by atoms with Gasteiger partial charge in [0.2, 0.25) is 0 Å². The largest absolute Gasteiger partial charge is 0.494 e. The number of carbonyl (C=O) groups excluding carboxylic acids is 2. The van der Waals surface area contributed by atoms with Crippen molar-refractivity contribution in [2.75, 3.05) is 19.5 Å². The van der Waals surface area contributed by atoms with Crippen molar-refractivity contribution in [3.05, 3.63) is 38.9 Å². The minimum Gasteiger partial charge on any atom is -0.494 e. The first-order valence-electron chi connectivity index (χ1n) is 5.84. The summed E-state index contributed by atoms with van der Waals surface area (Å²) in [7, 11) is 2.66. The van der Waals surface area contributed by atoms with Gasteiger partial charge < -0.3 is 14.8 Å². The normalized spacial score (nSPS) is 10.2. The Morgan fingerprint density at radius 1 is 1.23 bits per heavy atom. The molecule has 0 aliphatic rings. The number of thiazole rings is 1. The van der Waals surface area contributed by atoms with E-state index in [1.807, 2.05) is 0 Å². The van der Waals surface area contributed by atoms with Gasteiger partial charge in [0.05, 0.1) is 29.8 Å². The molecular formula is C13H10Cl2N2O4S. The molecular weight excluding hydrogens is 351 g/mol. The first-order chi connectivity index (χ1) is 10.5. The van der Waals surface area contributed by atoms with Gasteiger partial charge in [-0.25, -0.2) is 9.78 Å². The summed E-state index contributed by atoms with van der Waals surface area (Å²) >= 11 is 13.1. The zero-order valence-corrected chi connectivity index (χ0v) is 13.8. The number of methoxy groups -OCH3 is 2. The van der Waals surface area contributed by atoms with Gasteiger partial charge in [-0.2, -0.15) is 0 Å². The zero-order chi connectivity index (χ0) is 16.3. The third kappa shape index (κ3) is 3.32. The second kappa shape index (κ2) is 6.95. The fourth-order valence-electron chi connectivity index (χ4n) is 1.64. The predicted octanol–water partition coefficient (Wildman–Crippen LogP) is 3.50. The third-order valence-corrected chi connectivity index (χ3v) is 3.94. The highest BCUT2D eigenvalue weighted by atomic mass is 35.5. The molecule has 9 heteroatoms. The first kappa shape index (κ1) is 16.5. The quantitative estimate of drug-likeness (QED) is 0.844. The van der Waals surface area contributed by atoms with Gasteiger partial charge in [-0.1, -0.05) is 23.2 Å². The van der Waals surface area contributed by atoms with E-state index in [4.69, 9.17) is 27.9 Å². The van der Waals surface area contributed by atoms with E-state index in [2.05, 4.69) is 15.0 Å². The number of carbonyl (C=O) groups is 2. The van der Waals surface area contributed by atoms with Gasteiger partial charge in [-0.3, -0.25) is 4.79 Å². The van der Waals surface area contributed by atoms with E-state index < -0.39 is 11.9 Å². The fourth-order valence-corrected chi connectivity index (χ4v) is 2.94. The van der Waals surface area contributed by atoms with Crippen molar-refractivity contribution in [1.82, 2.24) is 4.98 Å². The molecule has 0 bridgehead atoms. The molecule has 0 aliphatic carbocycles. The Morgan fingerprint density at radius 3 is 2.41 bits per heavy atom. The number of hydrogen-bond donors (Lipinski definition) is 1. The van der Waals surface area contributed by atoms with Crippen molar-refractivity contribution < 1.29 is 19.1 Å². The van der Waals surface area contributed by atoms with Crippen LogP contribution in [0.15, 0.2) is 17.6 Å². The lowest BCUT2D eigenvalue weighted by atomic mass is 10.2. The van der Waals surface area contributed by atoms with Crippen LogP contribution in [0.1, 0.15) is 20.8 Å². The van der Waals surface area contributed by atoms with E-state index in [1.54, 1.807) is 0 Å². The number of nitrogens with zero attached hydrogens (tertiary/aromatic N) is 1. The third-order valence-electron chi connectivity index (χ3n) is 2.64. The van der Waals surface area contributed by atoms with Crippen molar-refractivity contribution in [2.45, 2.75) is 0 Å². The van der Waals surface area contributed by atoms with Crippen LogP contribution in [-0.2, 0) is 4.74 Å². The first-order valence-corrected chi connectivity index (χ1v) is 7.47. The Bertz CT molecular complexity index is 710. The van der Waals surface area contributed by atoms with Gasteiger partial charge in [-0.15, -0.1) is 11.3 Å². The maximum absolute atomic E-state index is 12.2. The number of benzene rings is 1. The number of rotatable bonds is 4. The molecule has 1 aromatic heterocycles. The number of halogens is 2. The molecule has 22 heavy (non-hydrogen) atoms. The molecule has 1 aromatic carbocycles. The summed E-state index contributed by atoms with van der Waals surface area (Å²) in [4.78, 5) is 27.6. The molecule has 0 saturated carbocycles. The Labute approximate surface area is 140 Å². The van der Waals surface area contributed by atoms with Crippen molar-refractivity contribution in [3.63, 3.8) is 0 Å². The molecule has 1 N–H and O–H groups in total. The van der Waals surface area contributed by atoms with Crippen molar-refractivity contribution in [1.29, 1.82) is 0 Å². The SMILES string of the molecule is COC(=O)c1ncsc1NC(=O)c1cc(Cl)c(OC)c(Cl)c1. The number of ether oxygens (including phenoxy) is 2. The number of anilines is 1. The van der Waals surface area contributed by atoms with Crippen molar-refractivity contribution >= 4 is 51.4 Å². The lowest BCUT2D eigenvalue weighted by Crippen LogP contribution is -2.14. The lowest BCUT2D eigenvalue weighted by Gasteiger charge is -2.09. The van der Waals surface area contributed by atoms with Gasteiger partial charge in [0.1, 0.15) is 5.00 Å². The Morgan fingerprint density at radius 2 is 1.86 bits per heavy atom. The molecule has 1 heterocycles. The van der Waals surface area contributed by atoms with E-state index in [0.29, 0.717) is 0 Å². The molecule has 6 nitrogen and oxygen atoms in total. The molecule has 0 spiro atoms. The molecule has 0 fully saturated rings. The summed E-state index contributed by atoms with van der Waals surface area (Å²) in [5.41, 5.74) is 1.68. The molecule has 1 amide bonds. The minimum atomic E-state index is -0.637. The molecule has 0 saturated heterocycles. The smallest absolute Gasteiger partial charge is 0.359 e. The van der Waals surface area contributed by atoms with Crippen LogP contribution in [0.2, 0.25) is 10.0 Å². The average Bonchev–Trinajstić information content (AvgIpc) is 2.94. The number of esters is 1. The van der Waals surface area contributed by atoms with Crippen molar-refractivity contribution in [2.24, 2.45) is 0 Å². The Kier molecular flexibility index (Phi) is 5.23. The number of amides is 1. The fraction of sp³-hybridized carbons (Fsp3) is 0.154. The second-order valence-electron chi connectivity index (χ2n) is 3.95. The lowest BCUT2D eigenvalue weighted by molar-refractivity contribution is 0.0596. The highest BCUT2D eigenvalue weighted by Crippen LogP contribution is 2.34. The van der Waals surface area contributed by atoms with Crippen LogP contribution in [-0.4, -0.2) is 31.1 Å². The molecule has 0 radical (unpaired) electrons. The maximum atomic E-state index is 12.2. The molecule has 116 valence electrons. The monoisotopic (exact) mass is 360 g/mol. The maximum Gasteiger partial charge on any atom is 0.359 e. The summed E-state index contributed by atoms with van der Waals surface area (Å²) in [5, 5.41) is 3.26. The van der Waals surface area contributed by atoms with Crippen LogP contribution < -0.4 is 10.1 Å². The minimum absolute atomic E-state index is 0.0338. The Hall–Kier alpha value is -1.83. The van der Waals surface area contributed by atoms with E-state index in [-0.39, 0.29) is 32.1 Å². The van der Waals surface area contributed by atoms with Crippen LogP contribution in [0.3, 0.4) is 0 Å². The summed E-state index contributed by atoms with van der Waals surface area (Å²) in [6.07, 6.45) is 0. The summed E-state index contributed by atoms with van der Waals surface area (Å²) in [6, 6.07) is 2.83. The van der Waals surface area contributed by atoms with Crippen LogP contribution >= 0.6 is 34.5 Å². The highest BCUT2D eigenvalue weighted by Gasteiger charge is 2.19. The standard InChI is InChI=1S/C13H10Cl2N2O4S/c1-20-10-7(14)3-6(4-8(10)15)11(18)17-12-9(13(19)21-2)16-5-22-12/h3-5H,1-2H3,(H,17,18). The van der Waals surface area contributed by atoms with Gasteiger partial charge in [0.25, 0.3) is 5.91 Å². The van der Waals surface area contributed by atoms with E-state index >= 15 is 0 Å².